The third-order valence-corrected chi connectivity index (χ3v) is 4.99. The van der Waals surface area contributed by atoms with E-state index in [1.165, 1.54) is 5.56 Å². The highest BCUT2D eigenvalue weighted by atomic mass is 16.5. The van der Waals surface area contributed by atoms with Gasteiger partial charge in [-0.25, -0.2) is 0 Å². The molecule has 0 unspecified atom stereocenters. The first kappa shape index (κ1) is 18.8. The second-order valence-electron chi connectivity index (χ2n) is 7.04. The molecule has 0 bridgehead atoms. The Kier molecular flexibility index (Phi) is 5.09. The van der Waals surface area contributed by atoms with Gasteiger partial charge in [-0.15, -0.1) is 0 Å². The largest absolute Gasteiger partial charge is 0.497 e. The summed E-state index contributed by atoms with van der Waals surface area (Å²) in [6.45, 7) is 4.42. The molecule has 0 atom stereocenters. The molecule has 4 heteroatoms. The summed E-state index contributed by atoms with van der Waals surface area (Å²) in [5.41, 5.74) is 4.57. The van der Waals surface area contributed by atoms with Gasteiger partial charge in [-0.2, -0.15) is 0 Å². The van der Waals surface area contributed by atoms with Gasteiger partial charge >= 0.3 is 0 Å². The van der Waals surface area contributed by atoms with E-state index in [9.17, 15) is 4.79 Å². The van der Waals surface area contributed by atoms with Gasteiger partial charge < -0.3 is 14.2 Å². The molecule has 4 nitrogen and oxygen atoms in total. The van der Waals surface area contributed by atoms with E-state index >= 15 is 0 Å². The van der Waals surface area contributed by atoms with Crippen LogP contribution in [0.5, 0.6) is 17.2 Å². The average Bonchev–Trinajstić information content (AvgIpc) is 3.03. The van der Waals surface area contributed by atoms with Gasteiger partial charge in [0.05, 0.1) is 12.7 Å². The Morgan fingerprint density at radius 2 is 1.76 bits per heavy atom. The van der Waals surface area contributed by atoms with Crippen LogP contribution in [-0.2, 0) is 6.61 Å². The smallest absolute Gasteiger partial charge is 0.232 e. The Bertz CT molecular complexity index is 1110. The maximum atomic E-state index is 12.8. The molecule has 146 valence electrons. The zero-order chi connectivity index (χ0) is 20.4. The highest BCUT2D eigenvalue weighted by molar-refractivity contribution is 6.15. The van der Waals surface area contributed by atoms with Crippen LogP contribution in [-0.4, -0.2) is 12.9 Å². The maximum absolute atomic E-state index is 12.8. The van der Waals surface area contributed by atoms with Crippen molar-refractivity contribution < 1.29 is 19.0 Å². The van der Waals surface area contributed by atoms with Crippen molar-refractivity contribution in [3.05, 3.63) is 94.2 Å². The van der Waals surface area contributed by atoms with Crippen molar-refractivity contribution in [3.8, 4) is 17.2 Å². The molecular weight excluding hydrogens is 364 g/mol. The zero-order valence-corrected chi connectivity index (χ0v) is 16.7. The monoisotopic (exact) mass is 386 g/mol. The van der Waals surface area contributed by atoms with Crippen molar-refractivity contribution in [1.29, 1.82) is 0 Å². The van der Waals surface area contributed by atoms with E-state index in [4.69, 9.17) is 14.2 Å². The third kappa shape index (κ3) is 3.87. The van der Waals surface area contributed by atoms with Crippen LogP contribution in [0.1, 0.15) is 32.6 Å². The highest BCUT2D eigenvalue weighted by Gasteiger charge is 2.30. The number of benzene rings is 3. The van der Waals surface area contributed by atoms with Crippen molar-refractivity contribution in [3.63, 3.8) is 0 Å². The lowest BCUT2D eigenvalue weighted by Gasteiger charge is -2.10. The summed E-state index contributed by atoms with van der Waals surface area (Å²) in [5.74, 6) is 2.12. The molecule has 1 aliphatic rings. The van der Waals surface area contributed by atoms with E-state index in [2.05, 4.69) is 13.0 Å². The Morgan fingerprint density at radius 1 is 0.931 bits per heavy atom. The second-order valence-corrected chi connectivity index (χ2v) is 7.04. The van der Waals surface area contributed by atoms with Crippen LogP contribution in [0, 0.1) is 13.8 Å². The van der Waals surface area contributed by atoms with E-state index in [1.54, 1.807) is 19.3 Å². The first-order chi connectivity index (χ1) is 14.0. The second kappa shape index (κ2) is 7.84. The first-order valence-electron chi connectivity index (χ1n) is 9.45. The van der Waals surface area contributed by atoms with E-state index in [0.29, 0.717) is 29.4 Å². The van der Waals surface area contributed by atoms with Crippen LogP contribution in [0.4, 0.5) is 0 Å². The molecule has 1 aliphatic heterocycles. The number of Topliss-reactive ketones (excluding diaryl/α,β-unsaturated/α-hetero) is 1. The molecule has 0 spiro atoms. The summed E-state index contributed by atoms with van der Waals surface area (Å²) in [6, 6.07) is 19.3. The fourth-order valence-corrected chi connectivity index (χ4v) is 3.38. The van der Waals surface area contributed by atoms with Gasteiger partial charge in [0.15, 0.2) is 5.76 Å². The molecule has 0 aromatic heterocycles. The zero-order valence-electron chi connectivity index (χ0n) is 16.7. The van der Waals surface area contributed by atoms with E-state index < -0.39 is 0 Å². The van der Waals surface area contributed by atoms with Gasteiger partial charge in [0.2, 0.25) is 5.78 Å². The Morgan fingerprint density at radius 3 is 2.55 bits per heavy atom. The number of carbonyl (C=O) groups is 1. The predicted octanol–water partition coefficient (Wildman–Crippen LogP) is 5.51. The minimum absolute atomic E-state index is 0.120. The fourth-order valence-electron chi connectivity index (χ4n) is 3.38. The van der Waals surface area contributed by atoms with Crippen LogP contribution >= 0.6 is 0 Å². The summed E-state index contributed by atoms with van der Waals surface area (Å²) >= 11 is 0. The fraction of sp³-hybridized carbons (Fsp3) is 0.160. The molecule has 0 N–H and O–H groups in total. The van der Waals surface area contributed by atoms with Crippen LogP contribution in [0.2, 0.25) is 0 Å². The molecule has 3 aromatic rings. The summed E-state index contributed by atoms with van der Waals surface area (Å²) in [5, 5.41) is 0. The van der Waals surface area contributed by atoms with Crippen LogP contribution in [0.3, 0.4) is 0 Å². The summed E-state index contributed by atoms with van der Waals surface area (Å²) in [4.78, 5) is 12.8. The van der Waals surface area contributed by atoms with Crippen LogP contribution in [0.15, 0.2) is 66.4 Å². The number of carbonyl (C=O) groups excluding carboxylic acids is 1. The number of aryl methyl sites for hydroxylation is 2. The number of ether oxygens (including phenoxy) is 3. The lowest BCUT2D eigenvalue weighted by atomic mass is 10.0. The molecule has 1 heterocycles. The van der Waals surface area contributed by atoms with Crippen molar-refractivity contribution in [2.45, 2.75) is 20.5 Å². The molecule has 0 aliphatic carbocycles. The van der Waals surface area contributed by atoms with Crippen molar-refractivity contribution in [1.82, 2.24) is 0 Å². The van der Waals surface area contributed by atoms with Crippen LogP contribution < -0.4 is 14.2 Å². The lowest BCUT2D eigenvalue weighted by molar-refractivity contribution is 0.101. The quantitative estimate of drug-likeness (QED) is 0.543. The van der Waals surface area contributed by atoms with E-state index in [1.807, 2.05) is 55.5 Å². The first-order valence-corrected chi connectivity index (χ1v) is 9.45. The minimum atomic E-state index is -0.120. The third-order valence-electron chi connectivity index (χ3n) is 4.99. The van der Waals surface area contributed by atoms with Gasteiger partial charge in [-0.3, -0.25) is 4.79 Å². The number of hydrogen-bond donors (Lipinski definition) is 0. The van der Waals surface area contributed by atoms with Crippen molar-refractivity contribution in [2.24, 2.45) is 0 Å². The average molecular weight is 386 g/mol. The molecule has 0 saturated carbocycles. The van der Waals surface area contributed by atoms with E-state index in [0.717, 1.165) is 22.4 Å². The Labute approximate surface area is 170 Å². The Hall–Kier alpha value is -3.53. The number of methoxy groups -OCH3 is 1. The molecule has 4 rings (SSSR count). The van der Waals surface area contributed by atoms with Gasteiger partial charge in [-0.1, -0.05) is 36.4 Å². The summed E-state index contributed by atoms with van der Waals surface area (Å²) in [6.07, 6.45) is 1.73. The molecule has 3 aromatic carbocycles. The Balaban J connectivity index is 1.58. The number of fused-ring (bicyclic) bond motifs is 1. The number of rotatable bonds is 5. The number of ketones is 1. The van der Waals surface area contributed by atoms with Gasteiger partial charge in [0.25, 0.3) is 0 Å². The molecule has 29 heavy (non-hydrogen) atoms. The summed E-state index contributed by atoms with van der Waals surface area (Å²) in [7, 11) is 1.61. The van der Waals surface area contributed by atoms with Crippen molar-refractivity contribution >= 4 is 11.9 Å². The maximum Gasteiger partial charge on any atom is 0.232 e. The predicted molar refractivity (Wildman–Crippen MR) is 113 cm³/mol. The minimum Gasteiger partial charge on any atom is -0.497 e. The number of hydrogen-bond acceptors (Lipinski definition) is 4. The number of allylic oxidation sites excluding steroid dienone is 1. The van der Waals surface area contributed by atoms with Gasteiger partial charge in [0, 0.05) is 6.07 Å². The van der Waals surface area contributed by atoms with Gasteiger partial charge in [-0.05, 0) is 60.4 Å². The normalized spacial score (nSPS) is 13.9. The molecular formula is C25H22O4. The molecule has 0 saturated heterocycles. The highest BCUT2D eigenvalue weighted by Crippen LogP contribution is 2.38. The standard InChI is InChI=1S/C25H22O4/c1-16-7-4-5-9-19(16)15-28-21-11-17(2)24-22(14-21)29-23(25(24)26)13-18-8-6-10-20(12-18)27-3/h4-14H,15H2,1-3H3/b23-13-. The molecule has 0 radical (unpaired) electrons. The SMILES string of the molecule is COc1cccc(/C=C2\Oc3cc(OCc4ccccc4C)cc(C)c3C2=O)c1. The molecule has 0 amide bonds. The summed E-state index contributed by atoms with van der Waals surface area (Å²) < 4.78 is 17.1. The van der Waals surface area contributed by atoms with Gasteiger partial charge in [0.1, 0.15) is 23.9 Å². The lowest BCUT2D eigenvalue weighted by Crippen LogP contribution is -2.00. The molecule has 0 fully saturated rings. The van der Waals surface area contributed by atoms with Crippen LogP contribution in [0.25, 0.3) is 6.08 Å². The van der Waals surface area contributed by atoms with Crippen molar-refractivity contribution in [2.75, 3.05) is 7.11 Å². The topological polar surface area (TPSA) is 44.8 Å². The van der Waals surface area contributed by atoms with E-state index in [-0.39, 0.29) is 5.78 Å².